The second kappa shape index (κ2) is 5.18. The Hall–Kier alpha value is -0.880. The zero-order valence-electron chi connectivity index (χ0n) is 9.15. The summed E-state index contributed by atoms with van der Waals surface area (Å²) in [5, 5.41) is 4.62. The molecule has 1 aromatic heterocycles. The highest BCUT2D eigenvalue weighted by molar-refractivity contribution is 14.1. The van der Waals surface area contributed by atoms with Gasteiger partial charge in [0.1, 0.15) is 0 Å². The van der Waals surface area contributed by atoms with E-state index >= 15 is 0 Å². The van der Waals surface area contributed by atoms with Crippen molar-refractivity contribution in [1.29, 1.82) is 0 Å². The summed E-state index contributed by atoms with van der Waals surface area (Å²) in [7, 11) is 1.83. The third kappa shape index (κ3) is 3.07. The Morgan fingerprint density at radius 3 is 2.94 bits per heavy atom. The van der Waals surface area contributed by atoms with Crippen LogP contribution in [0.25, 0.3) is 0 Å². The molecule has 0 saturated carbocycles. The summed E-state index contributed by atoms with van der Waals surface area (Å²) in [5.74, 6) is 0.0601. The zero-order valence-corrected chi connectivity index (χ0v) is 12.1. The van der Waals surface area contributed by atoms with Crippen LogP contribution in [0.1, 0.15) is 15.9 Å². The van der Waals surface area contributed by atoms with Crippen LogP contribution in [0.3, 0.4) is 0 Å². The third-order valence-corrected chi connectivity index (χ3v) is 3.53. The molecule has 0 aliphatic heterocycles. The van der Waals surface area contributed by atoms with E-state index in [9.17, 15) is 4.79 Å². The van der Waals surface area contributed by atoms with Gasteiger partial charge in [0.05, 0.1) is 6.20 Å². The second-order valence-electron chi connectivity index (χ2n) is 3.75. The molecule has 0 saturated heterocycles. The fourth-order valence-corrected chi connectivity index (χ4v) is 2.36. The number of nitrogens with zero attached hydrogens (tertiary/aromatic N) is 2. The normalized spacial score (nSPS) is 10.5. The number of carbonyl (C=O) groups excluding carboxylic acids is 1. The molecule has 0 spiro atoms. The van der Waals surface area contributed by atoms with Crippen LogP contribution in [0.4, 0.5) is 0 Å². The highest BCUT2D eigenvalue weighted by Crippen LogP contribution is 2.19. The van der Waals surface area contributed by atoms with Crippen molar-refractivity contribution >= 4 is 40.0 Å². The minimum absolute atomic E-state index is 0.0601. The van der Waals surface area contributed by atoms with Crippen molar-refractivity contribution in [2.45, 2.75) is 6.42 Å². The SMILES string of the molecule is Cn1cc(CC(=O)c2cc(Cl)ccc2I)cn1. The molecule has 1 heterocycles. The lowest BCUT2D eigenvalue weighted by Gasteiger charge is -2.03. The number of Topliss-reactive ketones (excluding diaryl/α,β-unsaturated/α-hetero) is 1. The Bertz CT molecular complexity index is 565. The minimum atomic E-state index is 0.0601. The van der Waals surface area contributed by atoms with Crippen LogP contribution in [0.5, 0.6) is 0 Å². The lowest BCUT2D eigenvalue weighted by molar-refractivity contribution is 0.0992. The van der Waals surface area contributed by atoms with Crippen LogP contribution >= 0.6 is 34.2 Å². The first-order chi connectivity index (χ1) is 8.06. The Morgan fingerprint density at radius 2 is 2.29 bits per heavy atom. The maximum absolute atomic E-state index is 12.1. The van der Waals surface area contributed by atoms with Crippen molar-refractivity contribution in [2.24, 2.45) is 7.05 Å². The molecule has 0 N–H and O–H groups in total. The molecule has 0 radical (unpaired) electrons. The van der Waals surface area contributed by atoms with Gasteiger partial charge < -0.3 is 0 Å². The summed E-state index contributed by atoms with van der Waals surface area (Å²) >= 11 is 8.04. The standard InChI is InChI=1S/C12H10ClIN2O/c1-16-7-8(6-15-16)4-12(17)10-5-9(13)2-3-11(10)14/h2-3,5-7H,4H2,1H3. The van der Waals surface area contributed by atoms with E-state index in [1.807, 2.05) is 19.3 Å². The van der Waals surface area contributed by atoms with Gasteiger partial charge >= 0.3 is 0 Å². The zero-order chi connectivity index (χ0) is 12.4. The van der Waals surface area contributed by atoms with E-state index in [2.05, 4.69) is 27.7 Å². The quantitative estimate of drug-likeness (QED) is 0.623. The molecule has 0 bridgehead atoms. The Morgan fingerprint density at radius 1 is 1.53 bits per heavy atom. The number of rotatable bonds is 3. The molecule has 17 heavy (non-hydrogen) atoms. The molecule has 88 valence electrons. The van der Waals surface area contributed by atoms with Crippen molar-refractivity contribution in [3.8, 4) is 0 Å². The molecule has 5 heteroatoms. The summed E-state index contributed by atoms with van der Waals surface area (Å²) in [6.45, 7) is 0. The lowest BCUT2D eigenvalue weighted by Crippen LogP contribution is -2.05. The number of halogens is 2. The molecule has 0 aliphatic carbocycles. The molecule has 0 unspecified atom stereocenters. The van der Waals surface area contributed by atoms with E-state index in [0.29, 0.717) is 17.0 Å². The molecule has 1 aromatic carbocycles. The minimum Gasteiger partial charge on any atom is -0.294 e. The smallest absolute Gasteiger partial charge is 0.168 e. The van der Waals surface area contributed by atoms with E-state index in [-0.39, 0.29) is 5.78 Å². The van der Waals surface area contributed by atoms with Gasteiger partial charge in [-0.25, -0.2) is 0 Å². The van der Waals surface area contributed by atoms with Crippen LogP contribution in [-0.4, -0.2) is 15.6 Å². The predicted octanol–water partition coefficient (Wildman–Crippen LogP) is 3.10. The third-order valence-electron chi connectivity index (χ3n) is 2.35. The number of hydrogen-bond donors (Lipinski definition) is 0. The van der Waals surface area contributed by atoms with Gasteiger partial charge in [0, 0.05) is 33.8 Å². The van der Waals surface area contributed by atoms with Crippen molar-refractivity contribution in [2.75, 3.05) is 0 Å². The largest absolute Gasteiger partial charge is 0.294 e. The number of ketones is 1. The van der Waals surface area contributed by atoms with Gasteiger partial charge in [-0.1, -0.05) is 11.6 Å². The first-order valence-electron chi connectivity index (χ1n) is 5.02. The van der Waals surface area contributed by atoms with Gasteiger partial charge in [0.2, 0.25) is 0 Å². The van der Waals surface area contributed by atoms with Gasteiger partial charge in [-0.2, -0.15) is 5.10 Å². The second-order valence-corrected chi connectivity index (χ2v) is 5.35. The molecule has 2 rings (SSSR count). The van der Waals surface area contributed by atoms with Gasteiger partial charge in [-0.05, 0) is 46.4 Å². The maximum atomic E-state index is 12.1. The Kier molecular flexibility index (Phi) is 3.83. The molecular formula is C12H10ClIN2O. The average molecular weight is 361 g/mol. The number of carbonyl (C=O) groups is 1. The van der Waals surface area contributed by atoms with Crippen molar-refractivity contribution in [3.05, 3.63) is 50.3 Å². The fourth-order valence-electron chi connectivity index (χ4n) is 1.55. The molecule has 0 amide bonds. The molecule has 0 aliphatic rings. The summed E-state index contributed by atoms with van der Waals surface area (Å²) in [6, 6.07) is 5.34. The number of aryl methyl sites for hydroxylation is 1. The number of hydrogen-bond acceptors (Lipinski definition) is 2. The van der Waals surface area contributed by atoms with Gasteiger partial charge in [0.25, 0.3) is 0 Å². The van der Waals surface area contributed by atoms with Crippen LogP contribution in [-0.2, 0) is 13.5 Å². The first-order valence-corrected chi connectivity index (χ1v) is 6.47. The highest BCUT2D eigenvalue weighted by atomic mass is 127. The number of benzene rings is 1. The maximum Gasteiger partial charge on any atom is 0.168 e. The summed E-state index contributed by atoms with van der Waals surface area (Å²) in [5.41, 5.74) is 1.58. The molecule has 3 nitrogen and oxygen atoms in total. The predicted molar refractivity (Wildman–Crippen MR) is 75.4 cm³/mol. The highest BCUT2D eigenvalue weighted by Gasteiger charge is 2.12. The van der Waals surface area contributed by atoms with E-state index < -0.39 is 0 Å². The number of aromatic nitrogens is 2. The molecule has 2 aromatic rings. The first kappa shape index (κ1) is 12.6. The summed E-state index contributed by atoms with van der Waals surface area (Å²) in [4.78, 5) is 12.1. The fraction of sp³-hybridized carbons (Fsp3) is 0.167. The van der Waals surface area contributed by atoms with Gasteiger partial charge in [0.15, 0.2) is 5.78 Å². The van der Waals surface area contributed by atoms with Crippen LogP contribution in [0.15, 0.2) is 30.6 Å². The molecular weight excluding hydrogens is 351 g/mol. The van der Waals surface area contributed by atoms with Crippen molar-refractivity contribution in [3.63, 3.8) is 0 Å². The molecule has 0 atom stereocenters. The van der Waals surface area contributed by atoms with Crippen LogP contribution < -0.4 is 0 Å². The van der Waals surface area contributed by atoms with E-state index in [1.54, 1.807) is 23.0 Å². The van der Waals surface area contributed by atoms with Gasteiger partial charge in [-0.15, -0.1) is 0 Å². The van der Waals surface area contributed by atoms with E-state index in [0.717, 1.165) is 9.13 Å². The van der Waals surface area contributed by atoms with E-state index in [4.69, 9.17) is 11.6 Å². The van der Waals surface area contributed by atoms with Crippen LogP contribution in [0.2, 0.25) is 5.02 Å². The summed E-state index contributed by atoms with van der Waals surface area (Å²) in [6.07, 6.45) is 3.90. The van der Waals surface area contributed by atoms with Crippen LogP contribution in [0, 0.1) is 3.57 Å². The topological polar surface area (TPSA) is 34.9 Å². The average Bonchev–Trinajstić information content (AvgIpc) is 2.67. The van der Waals surface area contributed by atoms with Crippen molar-refractivity contribution in [1.82, 2.24) is 9.78 Å². The lowest BCUT2D eigenvalue weighted by atomic mass is 10.1. The summed E-state index contributed by atoms with van der Waals surface area (Å²) < 4.78 is 2.60. The monoisotopic (exact) mass is 360 g/mol. The molecule has 0 fully saturated rings. The Balaban J connectivity index is 2.22. The van der Waals surface area contributed by atoms with E-state index in [1.165, 1.54) is 0 Å². The van der Waals surface area contributed by atoms with Crippen molar-refractivity contribution < 1.29 is 4.79 Å². The Labute approximate surface area is 118 Å². The van der Waals surface area contributed by atoms with Gasteiger partial charge in [-0.3, -0.25) is 9.48 Å².